The third kappa shape index (κ3) is 2.58. The molecular weight excluding hydrogens is 246 g/mol. The first-order valence-corrected chi connectivity index (χ1v) is 8.17. The number of piperidine rings is 1. The van der Waals surface area contributed by atoms with E-state index in [9.17, 15) is 5.11 Å². The highest BCUT2D eigenvalue weighted by Gasteiger charge is 2.33. The van der Waals surface area contributed by atoms with Crippen LogP contribution in [0.3, 0.4) is 0 Å². The molecule has 0 aromatic heterocycles. The zero-order valence-corrected chi connectivity index (χ0v) is 12.9. The number of hydrogen-bond donors (Lipinski definition) is 1. The van der Waals surface area contributed by atoms with Crippen molar-refractivity contribution in [1.82, 2.24) is 4.90 Å². The third-order valence-electron chi connectivity index (χ3n) is 5.71. The van der Waals surface area contributed by atoms with Crippen molar-refractivity contribution in [3.8, 4) is 5.75 Å². The molecule has 1 aliphatic carbocycles. The molecule has 1 fully saturated rings. The van der Waals surface area contributed by atoms with Crippen LogP contribution in [0.4, 0.5) is 0 Å². The van der Waals surface area contributed by atoms with Crippen molar-refractivity contribution in [2.75, 3.05) is 13.1 Å². The Morgan fingerprint density at radius 2 is 2.05 bits per heavy atom. The van der Waals surface area contributed by atoms with Crippen LogP contribution in [0, 0.1) is 5.41 Å². The molecule has 0 saturated carbocycles. The first kappa shape index (κ1) is 13.9. The van der Waals surface area contributed by atoms with Crippen LogP contribution >= 0.6 is 0 Å². The van der Waals surface area contributed by atoms with Gasteiger partial charge in [0.15, 0.2) is 0 Å². The lowest BCUT2D eigenvalue weighted by molar-refractivity contribution is 0.0733. The predicted molar refractivity (Wildman–Crippen MR) is 83.0 cm³/mol. The van der Waals surface area contributed by atoms with Crippen molar-refractivity contribution < 1.29 is 5.11 Å². The largest absolute Gasteiger partial charge is 0.508 e. The maximum Gasteiger partial charge on any atom is 0.115 e. The van der Waals surface area contributed by atoms with Gasteiger partial charge in [0.1, 0.15) is 5.75 Å². The molecule has 2 nitrogen and oxygen atoms in total. The van der Waals surface area contributed by atoms with Crippen molar-refractivity contribution in [3.05, 3.63) is 29.3 Å². The van der Waals surface area contributed by atoms with Crippen molar-refractivity contribution in [3.63, 3.8) is 0 Å². The molecule has 1 unspecified atom stereocenters. The Hall–Kier alpha value is -1.02. The Morgan fingerprint density at radius 1 is 1.30 bits per heavy atom. The molecule has 1 aromatic carbocycles. The van der Waals surface area contributed by atoms with E-state index < -0.39 is 0 Å². The van der Waals surface area contributed by atoms with Gasteiger partial charge in [-0.1, -0.05) is 26.3 Å². The molecule has 0 spiro atoms. The maximum atomic E-state index is 9.81. The number of hydrogen-bond acceptors (Lipinski definition) is 2. The van der Waals surface area contributed by atoms with Crippen LogP contribution in [0.5, 0.6) is 5.75 Å². The second-order valence-electron chi connectivity index (χ2n) is 6.99. The summed E-state index contributed by atoms with van der Waals surface area (Å²) in [7, 11) is 0. The number of aromatic hydroxyl groups is 1. The number of rotatable bonds is 2. The Labute approximate surface area is 122 Å². The number of nitrogens with zero attached hydrogens (tertiary/aromatic N) is 1. The van der Waals surface area contributed by atoms with E-state index in [4.69, 9.17) is 0 Å². The quantitative estimate of drug-likeness (QED) is 0.869. The van der Waals surface area contributed by atoms with Crippen LogP contribution in [-0.4, -0.2) is 23.1 Å². The van der Waals surface area contributed by atoms with Crippen molar-refractivity contribution in [1.29, 1.82) is 0 Å². The van der Waals surface area contributed by atoms with Gasteiger partial charge >= 0.3 is 0 Å². The summed E-state index contributed by atoms with van der Waals surface area (Å²) >= 11 is 0. The van der Waals surface area contributed by atoms with Gasteiger partial charge in [0.05, 0.1) is 0 Å². The number of phenolic OH excluding ortho intramolecular Hbond substituents is 1. The molecule has 1 saturated heterocycles. The molecule has 1 aliphatic heterocycles. The molecular formula is C18H27NO. The van der Waals surface area contributed by atoms with Crippen LogP contribution < -0.4 is 0 Å². The molecule has 0 radical (unpaired) electrons. The van der Waals surface area contributed by atoms with Crippen molar-refractivity contribution in [2.45, 2.75) is 58.4 Å². The summed E-state index contributed by atoms with van der Waals surface area (Å²) in [5, 5.41) is 9.81. The van der Waals surface area contributed by atoms with Crippen LogP contribution in [-0.2, 0) is 6.42 Å². The first-order chi connectivity index (χ1) is 9.61. The molecule has 1 N–H and O–H groups in total. The average Bonchev–Trinajstić information content (AvgIpc) is 2.48. The van der Waals surface area contributed by atoms with Crippen molar-refractivity contribution >= 4 is 0 Å². The van der Waals surface area contributed by atoms with Gasteiger partial charge < -0.3 is 5.11 Å². The highest BCUT2D eigenvalue weighted by atomic mass is 16.3. The van der Waals surface area contributed by atoms with Gasteiger partial charge in [-0.25, -0.2) is 0 Å². The van der Waals surface area contributed by atoms with Gasteiger partial charge in [-0.15, -0.1) is 0 Å². The van der Waals surface area contributed by atoms with E-state index in [1.165, 1.54) is 62.7 Å². The van der Waals surface area contributed by atoms with Gasteiger partial charge in [-0.2, -0.15) is 0 Å². The first-order valence-electron chi connectivity index (χ1n) is 8.17. The lowest BCUT2D eigenvalue weighted by Crippen LogP contribution is -2.41. The average molecular weight is 273 g/mol. The number of likely N-dealkylation sites (tertiary alicyclic amines) is 1. The fourth-order valence-electron chi connectivity index (χ4n) is 3.87. The van der Waals surface area contributed by atoms with Gasteiger partial charge in [0.2, 0.25) is 0 Å². The molecule has 0 amide bonds. The second kappa shape index (κ2) is 5.40. The van der Waals surface area contributed by atoms with E-state index in [-0.39, 0.29) is 0 Å². The predicted octanol–water partition coefficient (Wildman–Crippen LogP) is 4.28. The van der Waals surface area contributed by atoms with Crippen LogP contribution in [0.2, 0.25) is 0 Å². The van der Waals surface area contributed by atoms with E-state index in [0.29, 0.717) is 17.2 Å². The second-order valence-corrected chi connectivity index (χ2v) is 6.99. The maximum absolute atomic E-state index is 9.81. The van der Waals surface area contributed by atoms with Gasteiger partial charge in [0, 0.05) is 6.04 Å². The molecule has 1 heterocycles. The highest BCUT2D eigenvalue weighted by Crippen LogP contribution is 2.41. The topological polar surface area (TPSA) is 23.5 Å². The zero-order valence-electron chi connectivity index (χ0n) is 12.9. The molecule has 0 bridgehead atoms. The number of fused-ring (bicyclic) bond motifs is 1. The molecule has 3 rings (SSSR count). The standard InChI is InChI=1S/C18H27NO/c1-3-18(2)9-11-19(12-10-18)17-6-4-5-14-7-8-15(20)13-16(14)17/h7-8,13,17,20H,3-6,9-12H2,1-2H3. The highest BCUT2D eigenvalue weighted by molar-refractivity contribution is 5.38. The van der Waals surface area contributed by atoms with E-state index >= 15 is 0 Å². The molecule has 2 aliphatic rings. The molecule has 1 aromatic rings. The minimum absolute atomic E-state index is 0.422. The summed E-state index contributed by atoms with van der Waals surface area (Å²) in [5.74, 6) is 0.422. The molecule has 20 heavy (non-hydrogen) atoms. The Bertz CT molecular complexity index is 474. The number of benzene rings is 1. The lowest BCUT2D eigenvalue weighted by Gasteiger charge is -2.44. The molecule has 1 atom stereocenters. The summed E-state index contributed by atoms with van der Waals surface area (Å²) in [5.41, 5.74) is 3.38. The fourth-order valence-corrected chi connectivity index (χ4v) is 3.87. The minimum Gasteiger partial charge on any atom is -0.508 e. The SMILES string of the molecule is CCC1(C)CCN(C2CCCc3ccc(O)cc32)CC1. The summed E-state index contributed by atoms with van der Waals surface area (Å²) in [6.07, 6.45) is 7.63. The van der Waals surface area contributed by atoms with Crippen LogP contribution in [0.15, 0.2) is 18.2 Å². The Kier molecular flexibility index (Phi) is 3.76. The Balaban J connectivity index is 1.78. The smallest absolute Gasteiger partial charge is 0.115 e. The van der Waals surface area contributed by atoms with Gasteiger partial charge in [-0.05, 0) is 73.9 Å². The third-order valence-corrected chi connectivity index (χ3v) is 5.71. The van der Waals surface area contributed by atoms with E-state index in [2.05, 4.69) is 24.8 Å². The van der Waals surface area contributed by atoms with Gasteiger partial charge in [-0.3, -0.25) is 4.90 Å². The number of aryl methyl sites for hydroxylation is 1. The normalized spacial score (nSPS) is 26.2. The zero-order chi connectivity index (χ0) is 14.2. The van der Waals surface area contributed by atoms with Gasteiger partial charge in [0.25, 0.3) is 0 Å². The summed E-state index contributed by atoms with van der Waals surface area (Å²) in [6, 6.07) is 6.50. The van der Waals surface area contributed by atoms with E-state index in [1.807, 2.05) is 12.1 Å². The Morgan fingerprint density at radius 3 is 2.75 bits per heavy atom. The minimum atomic E-state index is 0.422. The van der Waals surface area contributed by atoms with Crippen LogP contribution in [0.1, 0.15) is 63.1 Å². The summed E-state index contributed by atoms with van der Waals surface area (Å²) in [6.45, 7) is 7.18. The summed E-state index contributed by atoms with van der Waals surface area (Å²) < 4.78 is 0. The molecule has 2 heteroatoms. The molecule has 110 valence electrons. The van der Waals surface area contributed by atoms with Crippen LogP contribution in [0.25, 0.3) is 0 Å². The van der Waals surface area contributed by atoms with E-state index in [1.54, 1.807) is 0 Å². The lowest BCUT2D eigenvalue weighted by atomic mass is 9.77. The fraction of sp³-hybridized carbons (Fsp3) is 0.667. The van der Waals surface area contributed by atoms with Crippen molar-refractivity contribution in [2.24, 2.45) is 5.41 Å². The summed E-state index contributed by atoms with van der Waals surface area (Å²) in [4.78, 5) is 2.66. The van der Waals surface area contributed by atoms with E-state index in [0.717, 1.165) is 0 Å². The number of phenols is 1. The monoisotopic (exact) mass is 273 g/mol.